The molecule has 1 atom stereocenters. The van der Waals surface area contributed by atoms with Gasteiger partial charge in [-0.2, -0.15) is 17.0 Å². The highest BCUT2D eigenvalue weighted by atomic mass is 32.2. The Bertz CT molecular complexity index is 470. The Morgan fingerprint density at radius 1 is 1.58 bits per heavy atom. The van der Waals surface area contributed by atoms with Crippen LogP contribution in [0.15, 0.2) is 24.3 Å². The van der Waals surface area contributed by atoms with Crippen LogP contribution in [0.2, 0.25) is 0 Å². The average molecular weight is 277 g/mol. The third-order valence-corrected chi connectivity index (χ3v) is 3.54. The van der Waals surface area contributed by atoms with Crippen LogP contribution in [-0.2, 0) is 4.79 Å². The van der Waals surface area contributed by atoms with Gasteiger partial charge in [-0.15, -0.1) is 0 Å². The van der Waals surface area contributed by atoms with E-state index in [0.717, 1.165) is 12.3 Å². The van der Waals surface area contributed by atoms with Crippen LogP contribution in [0.1, 0.15) is 12.5 Å². The van der Waals surface area contributed by atoms with Gasteiger partial charge in [-0.25, -0.2) is 0 Å². The number of likely N-dealkylation sites (N-methyl/N-ethyl adjacent to an activating group) is 1. The molecule has 0 heterocycles. The van der Waals surface area contributed by atoms with Gasteiger partial charge in [-0.1, -0.05) is 6.07 Å². The van der Waals surface area contributed by atoms with Crippen molar-refractivity contribution in [1.29, 1.82) is 5.26 Å². The Morgan fingerprint density at radius 3 is 2.95 bits per heavy atom. The van der Waals surface area contributed by atoms with Crippen molar-refractivity contribution in [2.45, 2.75) is 13.0 Å². The van der Waals surface area contributed by atoms with E-state index in [-0.39, 0.29) is 11.9 Å². The van der Waals surface area contributed by atoms with E-state index >= 15 is 0 Å². The Labute approximate surface area is 118 Å². The third kappa shape index (κ3) is 4.93. The monoisotopic (exact) mass is 277 g/mol. The van der Waals surface area contributed by atoms with Crippen LogP contribution in [0.5, 0.6) is 0 Å². The summed E-state index contributed by atoms with van der Waals surface area (Å²) in [4.78, 5) is 14.1. The minimum Gasteiger partial charge on any atom is -0.325 e. The number of hydrogen-bond donors (Lipinski definition) is 1. The van der Waals surface area contributed by atoms with Crippen molar-refractivity contribution in [3.63, 3.8) is 0 Å². The maximum Gasteiger partial charge on any atom is 0.241 e. The topological polar surface area (TPSA) is 56.1 Å². The fraction of sp³-hybridized carbons (Fsp3) is 0.429. The zero-order chi connectivity index (χ0) is 14.3. The Balaban J connectivity index is 2.60. The summed E-state index contributed by atoms with van der Waals surface area (Å²) < 4.78 is 0. The van der Waals surface area contributed by atoms with Crippen LogP contribution in [0.4, 0.5) is 5.69 Å². The predicted octanol–water partition coefficient (Wildman–Crippen LogP) is 2.18. The lowest BCUT2D eigenvalue weighted by molar-refractivity contribution is -0.120. The number of amides is 1. The van der Waals surface area contributed by atoms with Crippen LogP contribution in [-0.4, -0.2) is 42.4 Å². The molecule has 4 nitrogen and oxygen atoms in total. The zero-order valence-corrected chi connectivity index (χ0v) is 12.3. The number of nitrogens with one attached hydrogen (secondary N) is 1. The molecule has 0 radical (unpaired) electrons. The molecule has 5 heteroatoms. The summed E-state index contributed by atoms with van der Waals surface area (Å²) in [5, 5.41) is 11.7. The molecule has 1 unspecified atom stereocenters. The quantitative estimate of drug-likeness (QED) is 0.866. The van der Waals surface area contributed by atoms with Gasteiger partial charge < -0.3 is 5.32 Å². The average Bonchev–Trinajstić information content (AvgIpc) is 2.43. The molecule has 1 aromatic rings. The van der Waals surface area contributed by atoms with E-state index in [1.165, 1.54) is 0 Å². The van der Waals surface area contributed by atoms with Crippen LogP contribution in [0.25, 0.3) is 0 Å². The highest BCUT2D eigenvalue weighted by molar-refractivity contribution is 7.98. The summed E-state index contributed by atoms with van der Waals surface area (Å²) >= 11 is 1.76. The lowest BCUT2D eigenvalue weighted by atomic mass is 10.2. The van der Waals surface area contributed by atoms with Crippen molar-refractivity contribution < 1.29 is 4.79 Å². The zero-order valence-electron chi connectivity index (χ0n) is 11.5. The first kappa shape index (κ1) is 15.5. The molecule has 1 amide bonds. The summed E-state index contributed by atoms with van der Waals surface area (Å²) in [6.07, 6.45) is 2.05. The summed E-state index contributed by atoms with van der Waals surface area (Å²) in [6, 6.07) is 8.79. The van der Waals surface area contributed by atoms with E-state index < -0.39 is 0 Å². The second-order valence-corrected chi connectivity index (χ2v) is 5.32. The number of nitriles is 1. The van der Waals surface area contributed by atoms with E-state index in [1.807, 2.05) is 25.1 Å². The van der Waals surface area contributed by atoms with Gasteiger partial charge in [-0.3, -0.25) is 9.69 Å². The number of benzene rings is 1. The molecule has 0 saturated carbocycles. The Morgan fingerprint density at radius 2 is 2.32 bits per heavy atom. The normalized spacial score (nSPS) is 11.9. The van der Waals surface area contributed by atoms with Crippen LogP contribution in [0.3, 0.4) is 0 Å². The highest BCUT2D eigenvalue weighted by Crippen LogP contribution is 2.11. The largest absolute Gasteiger partial charge is 0.325 e. The van der Waals surface area contributed by atoms with E-state index in [2.05, 4.69) is 11.4 Å². The van der Waals surface area contributed by atoms with Crippen LogP contribution < -0.4 is 5.32 Å². The number of nitrogens with zero attached hydrogens (tertiary/aromatic N) is 2. The van der Waals surface area contributed by atoms with E-state index in [4.69, 9.17) is 5.26 Å². The maximum atomic E-state index is 12.1. The second-order valence-electron chi connectivity index (χ2n) is 4.33. The van der Waals surface area contributed by atoms with Crippen molar-refractivity contribution in [3.8, 4) is 6.07 Å². The number of carbonyl (C=O) groups is 1. The second kappa shape index (κ2) is 7.82. The highest BCUT2D eigenvalue weighted by Gasteiger charge is 2.17. The van der Waals surface area contributed by atoms with Crippen molar-refractivity contribution in [3.05, 3.63) is 29.8 Å². The molecule has 19 heavy (non-hydrogen) atoms. The number of thioether (sulfide) groups is 1. The van der Waals surface area contributed by atoms with Crippen molar-refractivity contribution in [2.24, 2.45) is 0 Å². The molecule has 102 valence electrons. The lowest BCUT2D eigenvalue weighted by Gasteiger charge is -2.23. The minimum atomic E-state index is -0.196. The fourth-order valence-electron chi connectivity index (χ4n) is 1.54. The van der Waals surface area contributed by atoms with E-state index in [0.29, 0.717) is 11.3 Å². The molecule has 0 spiro atoms. The molecular weight excluding hydrogens is 258 g/mol. The Kier molecular flexibility index (Phi) is 6.40. The molecule has 0 aliphatic carbocycles. The molecule has 1 aromatic carbocycles. The molecule has 0 aliphatic rings. The van der Waals surface area contributed by atoms with Gasteiger partial charge in [0.25, 0.3) is 0 Å². The van der Waals surface area contributed by atoms with Gasteiger partial charge in [0, 0.05) is 18.0 Å². The molecule has 0 saturated heterocycles. The first-order chi connectivity index (χ1) is 9.08. The molecule has 0 bridgehead atoms. The SMILES string of the molecule is CSCCN(C)C(C)C(=O)Nc1cccc(C#N)c1. The third-order valence-electron chi connectivity index (χ3n) is 2.95. The molecule has 0 aromatic heterocycles. The summed E-state index contributed by atoms with van der Waals surface area (Å²) in [5.74, 6) is 0.941. The Hall–Kier alpha value is -1.51. The summed E-state index contributed by atoms with van der Waals surface area (Å²) in [7, 11) is 1.94. The molecular formula is C14H19N3OS. The number of anilines is 1. The number of rotatable bonds is 6. The summed E-state index contributed by atoms with van der Waals surface area (Å²) in [5.41, 5.74) is 1.20. The molecule has 0 aliphatic heterocycles. The smallest absolute Gasteiger partial charge is 0.241 e. The lowest BCUT2D eigenvalue weighted by Crippen LogP contribution is -2.40. The standard InChI is InChI=1S/C14H19N3OS/c1-11(17(2)7-8-19-3)14(18)16-13-6-4-5-12(9-13)10-15/h4-6,9,11H,7-8H2,1-3H3,(H,16,18). The van der Waals surface area contributed by atoms with Gasteiger partial charge in [0.2, 0.25) is 5.91 Å². The number of carbonyl (C=O) groups excluding carboxylic acids is 1. The van der Waals surface area contributed by atoms with E-state index in [9.17, 15) is 4.79 Å². The molecule has 0 fully saturated rings. The van der Waals surface area contributed by atoms with Gasteiger partial charge in [-0.05, 0) is 38.4 Å². The van der Waals surface area contributed by atoms with E-state index in [1.54, 1.807) is 36.0 Å². The first-order valence-corrected chi connectivity index (χ1v) is 7.48. The maximum absolute atomic E-state index is 12.1. The van der Waals surface area contributed by atoms with Crippen LogP contribution in [0, 0.1) is 11.3 Å². The van der Waals surface area contributed by atoms with Crippen LogP contribution >= 0.6 is 11.8 Å². The van der Waals surface area contributed by atoms with Crippen molar-refractivity contribution in [2.75, 3.05) is 30.9 Å². The molecule has 1 rings (SSSR count). The first-order valence-electron chi connectivity index (χ1n) is 6.08. The predicted molar refractivity (Wildman–Crippen MR) is 80.3 cm³/mol. The number of hydrogen-bond acceptors (Lipinski definition) is 4. The minimum absolute atomic E-state index is 0.0568. The van der Waals surface area contributed by atoms with Gasteiger partial charge in [0.1, 0.15) is 0 Å². The fourth-order valence-corrected chi connectivity index (χ4v) is 2.01. The van der Waals surface area contributed by atoms with Gasteiger partial charge in [0.05, 0.1) is 17.7 Å². The van der Waals surface area contributed by atoms with Gasteiger partial charge in [0.15, 0.2) is 0 Å². The van der Waals surface area contributed by atoms with Crippen molar-refractivity contribution >= 4 is 23.4 Å². The summed E-state index contributed by atoms with van der Waals surface area (Å²) in [6.45, 7) is 2.75. The van der Waals surface area contributed by atoms with Crippen molar-refractivity contribution in [1.82, 2.24) is 4.90 Å². The van der Waals surface area contributed by atoms with Gasteiger partial charge >= 0.3 is 0 Å². The molecule has 1 N–H and O–H groups in total.